The van der Waals surface area contributed by atoms with Crippen LogP contribution in [0.4, 0.5) is 0 Å². The molecule has 0 fully saturated rings. The first-order chi connectivity index (χ1) is 9.60. The van der Waals surface area contributed by atoms with E-state index in [1.54, 1.807) is 0 Å². The van der Waals surface area contributed by atoms with Crippen molar-refractivity contribution >= 4 is 17.5 Å². The second kappa shape index (κ2) is 6.62. The third kappa shape index (κ3) is 3.64. The highest BCUT2D eigenvalue weighted by molar-refractivity contribution is 6.30. The molecule has 0 aliphatic rings. The summed E-state index contributed by atoms with van der Waals surface area (Å²) in [6.45, 7) is 3.90. The molecule has 4 heteroatoms. The van der Waals surface area contributed by atoms with Gasteiger partial charge in [-0.1, -0.05) is 18.5 Å². The molecule has 0 aliphatic heterocycles. The Morgan fingerprint density at radius 3 is 2.60 bits per heavy atom. The van der Waals surface area contributed by atoms with Crippen LogP contribution in [0.25, 0.3) is 11.3 Å². The number of hydrogen-bond donors (Lipinski definition) is 1. The Hall–Kier alpha value is -1.74. The zero-order chi connectivity index (χ0) is 14.5. The predicted octanol–water partition coefficient (Wildman–Crippen LogP) is 4.58. The standard InChI is InChI=1S/C16H18ClNO2/c1-3-4-16(19)18-11(2)14-9-10-15(20-14)12-5-7-13(17)8-6-12/h5-11H,3-4H2,1-2H3,(H,18,19)/t11-/m1/s1. The van der Waals surface area contributed by atoms with Crippen molar-refractivity contribution in [2.45, 2.75) is 32.7 Å². The molecule has 106 valence electrons. The monoisotopic (exact) mass is 291 g/mol. The summed E-state index contributed by atoms with van der Waals surface area (Å²) in [6, 6.07) is 11.1. The molecule has 20 heavy (non-hydrogen) atoms. The first-order valence-electron chi connectivity index (χ1n) is 6.75. The molecule has 1 aromatic carbocycles. The fourth-order valence-corrected chi connectivity index (χ4v) is 2.09. The van der Waals surface area contributed by atoms with Crippen LogP contribution < -0.4 is 5.32 Å². The maximum absolute atomic E-state index is 11.6. The summed E-state index contributed by atoms with van der Waals surface area (Å²) < 4.78 is 5.79. The minimum absolute atomic E-state index is 0.0458. The van der Waals surface area contributed by atoms with E-state index in [2.05, 4.69) is 5.32 Å². The Bertz CT molecular complexity index is 574. The summed E-state index contributed by atoms with van der Waals surface area (Å²) in [7, 11) is 0. The third-order valence-electron chi connectivity index (χ3n) is 3.04. The van der Waals surface area contributed by atoms with Crippen molar-refractivity contribution < 1.29 is 9.21 Å². The van der Waals surface area contributed by atoms with Gasteiger partial charge in [-0.2, -0.15) is 0 Å². The molecule has 1 aromatic heterocycles. The van der Waals surface area contributed by atoms with E-state index in [1.165, 1.54) is 0 Å². The highest BCUT2D eigenvalue weighted by Gasteiger charge is 2.13. The van der Waals surface area contributed by atoms with E-state index in [4.69, 9.17) is 16.0 Å². The number of furan rings is 1. The van der Waals surface area contributed by atoms with Crippen LogP contribution in [0.3, 0.4) is 0 Å². The van der Waals surface area contributed by atoms with Crippen LogP contribution in [0.15, 0.2) is 40.8 Å². The first kappa shape index (κ1) is 14.7. The predicted molar refractivity (Wildman–Crippen MR) is 80.6 cm³/mol. The molecule has 2 rings (SSSR count). The number of carbonyl (C=O) groups excluding carboxylic acids is 1. The van der Waals surface area contributed by atoms with Crippen molar-refractivity contribution in [2.24, 2.45) is 0 Å². The van der Waals surface area contributed by atoms with Crippen LogP contribution in [0, 0.1) is 0 Å². The number of nitrogens with one attached hydrogen (secondary N) is 1. The second-order valence-corrected chi connectivity index (χ2v) is 5.18. The van der Waals surface area contributed by atoms with Gasteiger partial charge in [0.1, 0.15) is 11.5 Å². The fourth-order valence-electron chi connectivity index (χ4n) is 1.97. The largest absolute Gasteiger partial charge is 0.459 e. The second-order valence-electron chi connectivity index (χ2n) is 4.75. The van der Waals surface area contributed by atoms with Gasteiger partial charge in [0.2, 0.25) is 5.91 Å². The van der Waals surface area contributed by atoms with Gasteiger partial charge in [-0.3, -0.25) is 4.79 Å². The van der Waals surface area contributed by atoms with E-state index >= 15 is 0 Å². The van der Waals surface area contributed by atoms with E-state index in [1.807, 2.05) is 50.2 Å². The lowest BCUT2D eigenvalue weighted by molar-refractivity contribution is -0.121. The zero-order valence-electron chi connectivity index (χ0n) is 11.7. The molecule has 3 nitrogen and oxygen atoms in total. The van der Waals surface area contributed by atoms with E-state index in [9.17, 15) is 4.79 Å². The molecule has 1 amide bonds. The SMILES string of the molecule is CCCC(=O)N[C@H](C)c1ccc(-c2ccc(Cl)cc2)o1. The molecule has 0 spiro atoms. The van der Waals surface area contributed by atoms with Crippen molar-refractivity contribution in [2.75, 3.05) is 0 Å². The average Bonchev–Trinajstić information content (AvgIpc) is 2.89. The van der Waals surface area contributed by atoms with Gasteiger partial charge < -0.3 is 9.73 Å². The molecule has 0 unspecified atom stereocenters. The molecule has 1 heterocycles. The first-order valence-corrected chi connectivity index (χ1v) is 7.13. The van der Waals surface area contributed by atoms with Crippen LogP contribution in [-0.4, -0.2) is 5.91 Å². The summed E-state index contributed by atoms with van der Waals surface area (Å²) in [5.74, 6) is 1.57. The van der Waals surface area contributed by atoms with Crippen molar-refractivity contribution in [3.8, 4) is 11.3 Å². The van der Waals surface area contributed by atoms with E-state index in [-0.39, 0.29) is 11.9 Å². The minimum Gasteiger partial charge on any atom is -0.459 e. The quantitative estimate of drug-likeness (QED) is 0.876. The Balaban J connectivity index is 2.08. The summed E-state index contributed by atoms with van der Waals surface area (Å²) >= 11 is 5.86. The van der Waals surface area contributed by atoms with Crippen molar-refractivity contribution in [3.63, 3.8) is 0 Å². The number of carbonyl (C=O) groups is 1. The molecule has 0 bridgehead atoms. The molecule has 0 radical (unpaired) electrons. The summed E-state index contributed by atoms with van der Waals surface area (Å²) in [5, 5.41) is 3.61. The van der Waals surface area contributed by atoms with E-state index < -0.39 is 0 Å². The number of halogens is 1. The Morgan fingerprint density at radius 1 is 1.25 bits per heavy atom. The number of rotatable bonds is 5. The molecule has 2 aromatic rings. The van der Waals surface area contributed by atoms with Gasteiger partial charge >= 0.3 is 0 Å². The number of benzene rings is 1. The van der Waals surface area contributed by atoms with Crippen LogP contribution >= 0.6 is 11.6 Å². The maximum Gasteiger partial charge on any atom is 0.220 e. The molecule has 0 saturated heterocycles. The molecule has 1 N–H and O–H groups in total. The lowest BCUT2D eigenvalue weighted by atomic mass is 10.2. The summed E-state index contributed by atoms with van der Waals surface area (Å²) in [6.07, 6.45) is 1.38. The smallest absolute Gasteiger partial charge is 0.220 e. The lowest BCUT2D eigenvalue weighted by Gasteiger charge is -2.10. The Morgan fingerprint density at radius 2 is 1.95 bits per heavy atom. The molecule has 1 atom stereocenters. The average molecular weight is 292 g/mol. The maximum atomic E-state index is 11.6. The Labute approximate surface area is 123 Å². The highest BCUT2D eigenvalue weighted by Crippen LogP contribution is 2.26. The van der Waals surface area contributed by atoms with E-state index in [0.717, 1.165) is 23.5 Å². The molecule has 0 saturated carbocycles. The normalized spacial score (nSPS) is 12.2. The van der Waals surface area contributed by atoms with Crippen molar-refractivity contribution in [3.05, 3.63) is 47.2 Å². The van der Waals surface area contributed by atoms with Crippen LogP contribution in [0.2, 0.25) is 5.02 Å². The third-order valence-corrected chi connectivity index (χ3v) is 3.29. The van der Waals surface area contributed by atoms with Crippen LogP contribution in [0.1, 0.15) is 38.5 Å². The Kier molecular flexibility index (Phi) is 4.85. The van der Waals surface area contributed by atoms with Gasteiger partial charge in [-0.05, 0) is 49.7 Å². The molecular formula is C16H18ClNO2. The summed E-state index contributed by atoms with van der Waals surface area (Å²) in [5.41, 5.74) is 0.965. The highest BCUT2D eigenvalue weighted by atomic mass is 35.5. The van der Waals surface area contributed by atoms with Gasteiger partial charge in [0.15, 0.2) is 0 Å². The van der Waals surface area contributed by atoms with Gasteiger partial charge in [0.05, 0.1) is 6.04 Å². The molecular weight excluding hydrogens is 274 g/mol. The number of amides is 1. The van der Waals surface area contributed by atoms with Gasteiger partial charge in [-0.15, -0.1) is 0 Å². The van der Waals surface area contributed by atoms with Gasteiger partial charge in [0, 0.05) is 17.0 Å². The summed E-state index contributed by atoms with van der Waals surface area (Å²) in [4.78, 5) is 11.6. The van der Waals surface area contributed by atoms with Crippen molar-refractivity contribution in [1.82, 2.24) is 5.32 Å². The van der Waals surface area contributed by atoms with Gasteiger partial charge in [0.25, 0.3) is 0 Å². The fraction of sp³-hybridized carbons (Fsp3) is 0.312. The number of hydrogen-bond acceptors (Lipinski definition) is 2. The van der Waals surface area contributed by atoms with Crippen molar-refractivity contribution in [1.29, 1.82) is 0 Å². The molecule has 0 aliphatic carbocycles. The lowest BCUT2D eigenvalue weighted by Crippen LogP contribution is -2.25. The topological polar surface area (TPSA) is 42.2 Å². The van der Waals surface area contributed by atoms with Crippen LogP contribution in [-0.2, 0) is 4.79 Å². The van der Waals surface area contributed by atoms with E-state index in [0.29, 0.717) is 11.4 Å². The van der Waals surface area contributed by atoms with Crippen LogP contribution in [0.5, 0.6) is 0 Å². The van der Waals surface area contributed by atoms with Gasteiger partial charge in [-0.25, -0.2) is 0 Å². The minimum atomic E-state index is -0.130. The zero-order valence-corrected chi connectivity index (χ0v) is 12.4.